The first-order chi connectivity index (χ1) is 14.5. The van der Waals surface area contributed by atoms with Gasteiger partial charge < -0.3 is 15.0 Å². The summed E-state index contributed by atoms with van der Waals surface area (Å²) in [5.74, 6) is -0.692. The Labute approximate surface area is 180 Å². The summed E-state index contributed by atoms with van der Waals surface area (Å²) in [4.78, 5) is 16.0. The summed E-state index contributed by atoms with van der Waals surface area (Å²) in [6.07, 6.45) is -3.30. The van der Waals surface area contributed by atoms with Crippen molar-refractivity contribution in [2.45, 2.75) is 31.7 Å². The highest BCUT2D eigenvalue weighted by atomic mass is 32.1. The van der Waals surface area contributed by atoms with Crippen molar-refractivity contribution in [1.82, 2.24) is 29.6 Å². The zero-order valence-corrected chi connectivity index (χ0v) is 17.6. The predicted octanol–water partition coefficient (Wildman–Crippen LogP) is 2.61. The molecule has 0 aliphatic carbocycles. The average Bonchev–Trinajstić information content (AvgIpc) is 3.28. The van der Waals surface area contributed by atoms with E-state index in [0.717, 1.165) is 21.9 Å². The molecule has 8 nitrogen and oxygen atoms in total. The van der Waals surface area contributed by atoms with E-state index in [2.05, 4.69) is 20.5 Å². The molecule has 0 spiro atoms. The van der Waals surface area contributed by atoms with Crippen LogP contribution in [0, 0.1) is 11.7 Å². The number of halogens is 3. The van der Waals surface area contributed by atoms with Crippen molar-refractivity contribution in [1.29, 1.82) is 0 Å². The Morgan fingerprint density at radius 3 is 2.55 bits per heavy atom. The Kier molecular flexibility index (Phi) is 6.32. The van der Waals surface area contributed by atoms with Crippen molar-refractivity contribution in [3.05, 3.63) is 52.8 Å². The summed E-state index contributed by atoms with van der Waals surface area (Å²) in [7, 11) is 1.35. The van der Waals surface area contributed by atoms with Crippen molar-refractivity contribution in [2.75, 3.05) is 6.54 Å². The van der Waals surface area contributed by atoms with Crippen LogP contribution in [0.4, 0.5) is 13.2 Å². The number of aryl methyl sites for hydroxylation is 2. The minimum absolute atomic E-state index is 0.200. The second kappa shape index (κ2) is 8.63. The van der Waals surface area contributed by atoms with Crippen molar-refractivity contribution in [3.63, 3.8) is 0 Å². The standard InChI is InChI=1S/C19H21F3N6O2S/c1-12-3-5-13(6-4-12)15-25-26-17(31)28(15)11-14(29)23-8-7-18(30,19(20,21)22)16-24-9-10-27(16)2/h3-6,9-10,30H,7-8,11H2,1-2H3,(H,23,29)(H,26,31). The SMILES string of the molecule is Cc1ccc(-c2n[nH]c(=S)n2CC(=O)NCCC(O)(c2nccn2C)C(F)(F)F)cc1. The molecular formula is C19H21F3N6O2S. The topological polar surface area (TPSA) is 101 Å². The first kappa shape index (κ1) is 22.7. The number of hydrogen-bond donors (Lipinski definition) is 3. The molecule has 1 atom stereocenters. The van der Waals surface area contributed by atoms with Gasteiger partial charge in [-0.25, -0.2) is 4.98 Å². The van der Waals surface area contributed by atoms with Crippen LogP contribution in [0.5, 0.6) is 0 Å². The molecule has 31 heavy (non-hydrogen) atoms. The van der Waals surface area contributed by atoms with Gasteiger partial charge in [0.2, 0.25) is 11.5 Å². The number of aromatic nitrogens is 5. The second-order valence-electron chi connectivity index (χ2n) is 7.12. The lowest BCUT2D eigenvalue weighted by molar-refractivity contribution is -0.272. The summed E-state index contributed by atoms with van der Waals surface area (Å²) in [5, 5.41) is 19.5. The fourth-order valence-electron chi connectivity index (χ4n) is 3.11. The third kappa shape index (κ3) is 4.69. The maximum atomic E-state index is 13.6. The van der Waals surface area contributed by atoms with Gasteiger partial charge in [-0.1, -0.05) is 29.8 Å². The van der Waals surface area contributed by atoms with E-state index in [9.17, 15) is 23.1 Å². The molecule has 3 rings (SSSR count). The third-order valence-corrected chi connectivity index (χ3v) is 5.15. The first-order valence-electron chi connectivity index (χ1n) is 9.29. The molecule has 0 aliphatic rings. The molecule has 1 aromatic carbocycles. The number of carbonyl (C=O) groups excluding carboxylic acids is 1. The number of carbonyl (C=O) groups is 1. The number of alkyl halides is 3. The summed E-state index contributed by atoms with van der Waals surface area (Å²) in [6.45, 7) is 1.26. The fraction of sp³-hybridized carbons (Fsp3) is 0.368. The number of amides is 1. The number of benzene rings is 1. The summed E-state index contributed by atoms with van der Waals surface area (Å²) < 4.78 is 43.4. The van der Waals surface area contributed by atoms with Gasteiger partial charge in [-0.05, 0) is 19.1 Å². The van der Waals surface area contributed by atoms with Crippen LogP contribution in [-0.2, 0) is 24.0 Å². The zero-order chi connectivity index (χ0) is 22.8. The Morgan fingerprint density at radius 2 is 1.97 bits per heavy atom. The van der Waals surface area contributed by atoms with Gasteiger partial charge in [0.1, 0.15) is 12.4 Å². The molecule has 12 heteroatoms. The monoisotopic (exact) mass is 454 g/mol. The number of H-pyrrole nitrogens is 1. The molecule has 2 aromatic heterocycles. The van der Waals surface area contributed by atoms with Gasteiger partial charge >= 0.3 is 6.18 Å². The number of aromatic amines is 1. The summed E-state index contributed by atoms with van der Waals surface area (Å²) >= 11 is 5.17. The highest BCUT2D eigenvalue weighted by molar-refractivity contribution is 7.71. The van der Waals surface area contributed by atoms with Crippen LogP contribution in [0.15, 0.2) is 36.7 Å². The van der Waals surface area contributed by atoms with Crippen LogP contribution in [0.25, 0.3) is 11.4 Å². The Balaban J connectivity index is 1.70. The van der Waals surface area contributed by atoms with Gasteiger partial charge in [-0.3, -0.25) is 14.5 Å². The second-order valence-corrected chi connectivity index (χ2v) is 7.51. The summed E-state index contributed by atoms with van der Waals surface area (Å²) in [6, 6.07) is 7.41. The smallest absolute Gasteiger partial charge is 0.374 e. The van der Waals surface area contributed by atoms with Crippen LogP contribution in [0.2, 0.25) is 0 Å². The number of aliphatic hydroxyl groups is 1. The van der Waals surface area contributed by atoms with E-state index < -0.39 is 36.5 Å². The quantitative estimate of drug-likeness (QED) is 0.477. The van der Waals surface area contributed by atoms with Gasteiger partial charge in [-0.2, -0.15) is 18.3 Å². The number of hydrogen-bond acceptors (Lipinski definition) is 5. The molecule has 2 heterocycles. The Hall–Kier alpha value is -2.99. The van der Waals surface area contributed by atoms with E-state index in [1.165, 1.54) is 17.8 Å². The normalized spacial score (nSPS) is 13.7. The number of imidazole rings is 1. The van der Waals surface area contributed by atoms with E-state index in [-0.39, 0.29) is 11.3 Å². The van der Waals surface area contributed by atoms with Gasteiger partial charge in [-0.15, -0.1) is 0 Å². The van der Waals surface area contributed by atoms with Gasteiger partial charge in [0, 0.05) is 38.0 Å². The Bertz CT molecular complexity index is 1120. The van der Waals surface area contributed by atoms with Crippen molar-refractivity contribution < 1.29 is 23.1 Å². The summed E-state index contributed by atoms with van der Waals surface area (Å²) in [5.41, 5.74) is -1.42. The molecule has 0 radical (unpaired) electrons. The molecule has 3 N–H and O–H groups in total. The maximum Gasteiger partial charge on any atom is 0.424 e. The van der Waals surface area contributed by atoms with E-state index in [4.69, 9.17) is 12.2 Å². The predicted molar refractivity (Wildman–Crippen MR) is 108 cm³/mol. The van der Waals surface area contributed by atoms with Gasteiger partial charge in [0.25, 0.3) is 0 Å². The van der Waals surface area contributed by atoms with E-state index >= 15 is 0 Å². The maximum absolute atomic E-state index is 13.6. The third-order valence-electron chi connectivity index (χ3n) is 4.84. The largest absolute Gasteiger partial charge is 0.424 e. The number of nitrogens with zero attached hydrogens (tertiary/aromatic N) is 4. The molecule has 3 aromatic rings. The molecular weight excluding hydrogens is 433 g/mol. The highest BCUT2D eigenvalue weighted by Gasteiger charge is 2.57. The number of nitrogens with one attached hydrogen (secondary N) is 2. The molecule has 0 saturated carbocycles. The van der Waals surface area contributed by atoms with Crippen molar-refractivity contribution >= 4 is 18.1 Å². The molecule has 166 valence electrons. The van der Waals surface area contributed by atoms with Crippen LogP contribution in [-0.4, -0.2) is 48.1 Å². The van der Waals surface area contributed by atoms with Gasteiger partial charge in [0.15, 0.2) is 10.6 Å². The minimum Gasteiger partial charge on any atom is -0.374 e. The van der Waals surface area contributed by atoms with Crippen LogP contribution >= 0.6 is 12.2 Å². The average molecular weight is 454 g/mol. The van der Waals surface area contributed by atoms with Crippen molar-refractivity contribution in [3.8, 4) is 11.4 Å². The number of rotatable bonds is 7. The van der Waals surface area contributed by atoms with Gasteiger partial charge in [0.05, 0.1) is 0 Å². The van der Waals surface area contributed by atoms with Crippen LogP contribution < -0.4 is 5.32 Å². The van der Waals surface area contributed by atoms with E-state index in [1.807, 2.05) is 31.2 Å². The Morgan fingerprint density at radius 1 is 1.29 bits per heavy atom. The molecule has 1 amide bonds. The zero-order valence-electron chi connectivity index (χ0n) is 16.8. The lowest BCUT2D eigenvalue weighted by atomic mass is 9.97. The first-order valence-corrected chi connectivity index (χ1v) is 9.69. The molecule has 0 bridgehead atoms. The lowest BCUT2D eigenvalue weighted by Gasteiger charge is -2.30. The highest BCUT2D eigenvalue weighted by Crippen LogP contribution is 2.40. The molecule has 1 unspecified atom stereocenters. The molecule has 0 aliphatic heterocycles. The lowest BCUT2D eigenvalue weighted by Crippen LogP contribution is -2.46. The van der Waals surface area contributed by atoms with Crippen LogP contribution in [0.3, 0.4) is 0 Å². The van der Waals surface area contributed by atoms with Crippen LogP contribution in [0.1, 0.15) is 17.8 Å². The van der Waals surface area contributed by atoms with Crippen molar-refractivity contribution in [2.24, 2.45) is 7.05 Å². The molecule has 0 saturated heterocycles. The van der Waals surface area contributed by atoms with E-state index in [1.54, 1.807) is 0 Å². The van der Waals surface area contributed by atoms with E-state index in [0.29, 0.717) is 5.82 Å². The molecule has 0 fully saturated rings. The fourth-order valence-corrected chi connectivity index (χ4v) is 3.31. The minimum atomic E-state index is -4.97.